The highest BCUT2D eigenvalue weighted by Crippen LogP contribution is 2.27. The van der Waals surface area contributed by atoms with Gasteiger partial charge in [0.2, 0.25) is 0 Å². The van der Waals surface area contributed by atoms with Crippen LogP contribution >= 0.6 is 11.6 Å². The van der Waals surface area contributed by atoms with Gasteiger partial charge >= 0.3 is 0 Å². The van der Waals surface area contributed by atoms with Gasteiger partial charge in [0.25, 0.3) is 15.9 Å². The molecular weight excluding hydrogens is 474 g/mol. The highest BCUT2D eigenvalue weighted by molar-refractivity contribution is 7.90. The van der Waals surface area contributed by atoms with Crippen molar-refractivity contribution in [2.45, 2.75) is 50.5 Å². The van der Waals surface area contributed by atoms with E-state index in [2.05, 4.69) is 9.71 Å². The van der Waals surface area contributed by atoms with Crippen LogP contribution in [0.5, 0.6) is 5.75 Å². The van der Waals surface area contributed by atoms with Crippen molar-refractivity contribution in [3.63, 3.8) is 0 Å². The number of rotatable bonds is 8. The Kier molecular flexibility index (Phi) is 7.58. The van der Waals surface area contributed by atoms with Gasteiger partial charge in [-0.25, -0.2) is 18.1 Å². The molecule has 0 spiro atoms. The van der Waals surface area contributed by atoms with E-state index >= 15 is 0 Å². The van der Waals surface area contributed by atoms with E-state index in [0.717, 1.165) is 11.3 Å². The van der Waals surface area contributed by atoms with E-state index in [-0.39, 0.29) is 10.6 Å². The van der Waals surface area contributed by atoms with Crippen molar-refractivity contribution >= 4 is 27.5 Å². The highest BCUT2D eigenvalue weighted by Gasteiger charge is 2.21. The molecule has 1 fully saturated rings. The van der Waals surface area contributed by atoms with Crippen molar-refractivity contribution in [1.29, 1.82) is 0 Å². The Bertz CT molecular complexity index is 1250. The highest BCUT2D eigenvalue weighted by atomic mass is 35.5. The lowest BCUT2D eigenvalue weighted by Gasteiger charge is -2.21. The Morgan fingerprint density at radius 1 is 1.15 bits per heavy atom. The first kappa shape index (κ1) is 24.3. The molecule has 180 valence electrons. The molecule has 0 saturated heterocycles. The molecule has 2 aromatic carbocycles. The van der Waals surface area contributed by atoms with Crippen molar-refractivity contribution in [3.05, 3.63) is 76.8 Å². The van der Waals surface area contributed by atoms with Crippen LogP contribution in [0.25, 0.3) is 0 Å². The average Bonchev–Trinajstić information content (AvgIpc) is 3.20. The number of benzene rings is 2. The number of carbonyl (C=O) groups excluding carboxylic acids is 1. The topological polar surface area (TPSA) is 90.3 Å². The molecule has 1 aromatic heterocycles. The van der Waals surface area contributed by atoms with Crippen LogP contribution in [0.2, 0.25) is 5.02 Å². The van der Waals surface area contributed by atoms with Crippen LogP contribution in [0.15, 0.2) is 59.6 Å². The van der Waals surface area contributed by atoms with Crippen LogP contribution in [-0.4, -0.2) is 30.5 Å². The predicted molar refractivity (Wildman–Crippen MR) is 131 cm³/mol. The minimum absolute atomic E-state index is 0.0112. The average molecular weight is 502 g/mol. The molecule has 0 radical (unpaired) electrons. The van der Waals surface area contributed by atoms with E-state index in [1.807, 2.05) is 18.2 Å². The Hall–Kier alpha value is -2.84. The van der Waals surface area contributed by atoms with Crippen LogP contribution in [-0.2, 0) is 16.6 Å². The third kappa shape index (κ3) is 5.98. The predicted octanol–water partition coefficient (Wildman–Crippen LogP) is 4.97. The number of imidazole rings is 1. The van der Waals surface area contributed by atoms with E-state index in [9.17, 15) is 13.2 Å². The number of aryl methyl sites for hydroxylation is 1. The quantitative estimate of drug-likeness (QED) is 0.470. The fourth-order valence-corrected chi connectivity index (χ4v) is 5.32. The van der Waals surface area contributed by atoms with Gasteiger partial charge in [0.1, 0.15) is 17.3 Å². The summed E-state index contributed by atoms with van der Waals surface area (Å²) < 4.78 is 34.7. The fourth-order valence-electron chi connectivity index (χ4n) is 4.11. The van der Waals surface area contributed by atoms with Gasteiger partial charge in [0.05, 0.1) is 18.0 Å². The zero-order valence-electron chi connectivity index (χ0n) is 19.0. The Labute approximate surface area is 205 Å². The number of ether oxygens (including phenoxy) is 1. The standard InChI is InChI=1S/C25H28ClN3O4S/c1-18-27-24(25(30)28-34(31,32)22-10-6-3-7-11-22)16-29(18)15-20-12-13-21(14-23(20)26)33-17-19-8-4-2-5-9-19/h3,6-7,10-14,16,19H,2,4-5,8-9,15,17H2,1H3,(H,28,30). The van der Waals surface area contributed by atoms with Crippen LogP contribution in [0.1, 0.15) is 54.0 Å². The Morgan fingerprint density at radius 2 is 1.88 bits per heavy atom. The summed E-state index contributed by atoms with van der Waals surface area (Å²) in [5.41, 5.74) is 0.858. The molecule has 0 bridgehead atoms. The maximum Gasteiger partial charge on any atom is 0.285 e. The van der Waals surface area contributed by atoms with E-state index in [1.165, 1.54) is 50.4 Å². The van der Waals surface area contributed by atoms with E-state index in [1.54, 1.807) is 29.7 Å². The number of hydrogen-bond acceptors (Lipinski definition) is 5. The van der Waals surface area contributed by atoms with Gasteiger partial charge in [-0.1, -0.05) is 55.1 Å². The lowest BCUT2D eigenvalue weighted by Crippen LogP contribution is -2.30. The lowest BCUT2D eigenvalue weighted by atomic mass is 9.90. The van der Waals surface area contributed by atoms with Gasteiger partial charge < -0.3 is 9.30 Å². The molecule has 1 N–H and O–H groups in total. The molecule has 1 amide bonds. The minimum atomic E-state index is -3.98. The molecule has 0 unspecified atom stereocenters. The molecule has 1 saturated carbocycles. The third-order valence-corrected chi connectivity index (χ3v) is 7.76. The van der Waals surface area contributed by atoms with Gasteiger partial charge in [-0.05, 0) is 55.5 Å². The number of amides is 1. The molecule has 1 aliphatic rings. The number of nitrogens with zero attached hydrogens (tertiary/aromatic N) is 2. The molecule has 0 aliphatic heterocycles. The number of aromatic nitrogens is 2. The van der Waals surface area contributed by atoms with Gasteiger partial charge in [-0.3, -0.25) is 4.79 Å². The van der Waals surface area contributed by atoms with Crippen LogP contribution in [0.4, 0.5) is 0 Å². The summed E-state index contributed by atoms with van der Waals surface area (Å²) in [5.74, 6) is 1.13. The monoisotopic (exact) mass is 501 g/mol. The molecular formula is C25H28ClN3O4S. The molecule has 7 nitrogen and oxygen atoms in total. The van der Waals surface area contributed by atoms with Gasteiger partial charge in [-0.15, -0.1) is 0 Å². The first-order valence-electron chi connectivity index (χ1n) is 11.4. The van der Waals surface area contributed by atoms with Crippen LogP contribution < -0.4 is 9.46 Å². The summed E-state index contributed by atoms with van der Waals surface area (Å²) in [6.45, 7) is 2.85. The summed E-state index contributed by atoms with van der Waals surface area (Å²) in [5, 5.41) is 0.562. The second-order valence-electron chi connectivity index (χ2n) is 8.62. The van der Waals surface area contributed by atoms with E-state index < -0.39 is 15.9 Å². The minimum Gasteiger partial charge on any atom is -0.493 e. The second-order valence-corrected chi connectivity index (χ2v) is 10.7. The molecule has 34 heavy (non-hydrogen) atoms. The summed E-state index contributed by atoms with van der Waals surface area (Å²) >= 11 is 6.51. The molecule has 1 heterocycles. The lowest BCUT2D eigenvalue weighted by molar-refractivity contribution is 0.0977. The smallest absolute Gasteiger partial charge is 0.285 e. The van der Waals surface area contributed by atoms with Crippen molar-refractivity contribution in [2.75, 3.05) is 6.61 Å². The SMILES string of the molecule is Cc1nc(C(=O)NS(=O)(=O)c2ccccc2)cn1Cc1ccc(OCC2CCCCC2)cc1Cl. The summed E-state index contributed by atoms with van der Waals surface area (Å²) in [6.07, 6.45) is 7.82. The zero-order chi connectivity index (χ0) is 24.1. The number of hydrogen-bond donors (Lipinski definition) is 1. The second kappa shape index (κ2) is 10.6. The largest absolute Gasteiger partial charge is 0.493 e. The van der Waals surface area contributed by atoms with Crippen molar-refractivity contribution in [3.8, 4) is 5.75 Å². The van der Waals surface area contributed by atoms with E-state index in [4.69, 9.17) is 16.3 Å². The van der Waals surface area contributed by atoms with Crippen LogP contribution in [0, 0.1) is 12.8 Å². The Balaban J connectivity index is 1.40. The summed E-state index contributed by atoms with van der Waals surface area (Å²) in [6, 6.07) is 13.3. The molecule has 9 heteroatoms. The fraction of sp³-hybridized carbons (Fsp3) is 0.360. The number of sulfonamides is 1. The van der Waals surface area contributed by atoms with Crippen molar-refractivity contribution < 1.29 is 17.9 Å². The zero-order valence-corrected chi connectivity index (χ0v) is 20.6. The first-order chi connectivity index (χ1) is 16.3. The maximum atomic E-state index is 12.6. The van der Waals surface area contributed by atoms with Gasteiger partial charge in [0, 0.05) is 11.2 Å². The number of halogens is 1. The molecule has 0 atom stereocenters. The van der Waals surface area contributed by atoms with Crippen molar-refractivity contribution in [2.24, 2.45) is 5.92 Å². The Morgan fingerprint density at radius 3 is 2.59 bits per heavy atom. The van der Waals surface area contributed by atoms with E-state index in [0.29, 0.717) is 29.9 Å². The normalized spacial score (nSPS) is 14.6. The molecule has 3 aromatic rings. The molecule has 1 aliphatic carbocycles. The van der Waals surface area contributed by atoms with Crippen molar-refractivity contribution in [1.82, 2.24) is 14.3 Å². The first-order valence-corrected chi connectivity index (χ1v) is 13.2. The van der Waals surface area contributed by atoms with Gasteiger partial charge in [0.15, 0.2) is 0 Å². The van der Waals surface area contributed by atoms with Gasteiger partial charge in [-0.2, -0.15) is 0 Å². The van der Waals surface area contributed by atoms with Crippen LogP contribution in [0.3, 0.4) is 0 Å². The third-order valence-electron chi connectivity index (χ3n) is 6.06. The summed E-state index contributed by atoms with van der Waals surface area (Å²) in [7, 11) is -3.98. The number of nitrogens with one attached hydrogen (secondary N) is 1. The number of carbonyl (C=O) groups is 1. The molecule has 4 rings (SSSR count). The maximum absolute atomic E-state index is 12.6. The summed E-state index contributed by atoms with van der Waals surface area (Å²) in [4.78, 5) is 16.8.